The van der Waals surface area contributed by atoms with Crippen LogP contribution < -0.4 is 11.1 Å². The number of fused-ring (bicyclic) bond motifs is 1. The van der Waals surface area contributed by atoms with Crippen molar-refractivity contribution in [1.29, 1.82) is 0 Å². The molecule has 2 nitrogen and oxygen atoms in total. The van der Waals surface area contributed by atoms with E-state index < -0.39 is 0 Å². The summed E-state index contributed by atoms with van der Waals surface area (Å²) in [5, 5.41) is 6.41. The first-order valence-corrected chi connectivity index (χ1v) is 7.75. The zero-order chi connectivity index (χ0) is 13.9. The molecule has 1 saturated carbocycles. The van der Waals surface area contributed by atoms with Crippen molar-refractivity contribution >= 4 is 10.8 Å². The minimum atomic E-state index is 0.307. The molecule has 1 fully saturated rings. The van der Waals surface area contributed by atoms with Gasteiger partial charge in [-0.1, -0.05) is 55.3 Å². The van der Waals surface area contributed by atoms with Gasteiger partial charge in [0.2, 0.25) is 0 Å². The van der Waals surface area contributed by atoms with E-state index in [1.165, 1.54) is 35.6 Å². The normalized spacial score (nSPS) is 24.7. The molecular formula is C18H24N2. The fraction of sp³-hybridized carbons (Fsp3) is 0.444. The summed E-state index contributed by atoms with van der Waals surface area (Å²) >= 11 is 0. The second-order valence-electron chi connectivity index (χ2n) is 6.01. The Balaban J connectivity index is 1.83. The SMILES string of the molecule is C[C@@H](N[C@@H]1CCCC[C@H]1N)c1cccc2ccccc12. The average molecular weight is 268 g/mol. The third kappa shape index (κ3) is 2.72. The highest BCUT2D eigenvalue weighted by Gasteiger charge is 2.23. The van der Waals surface area contributed by atoms with Crippen LogP contribution in [0.2, 0.25) is 0 Å². The third-order valence-electron chi connectivity index (χ3n) is 4.57. The van der Waals surface area contributed by atoms with E-state index in [2.05, 4.69) is 54.7 Å². The average Bonchev–Trinajstić information content (AvgIpc) is 2.49. The van der Waals surface area contributed by atoms with Gasteiger partial charge < -0.3 is 11.1 Å². The van der Waals surface area contributed by atoms with Gasteiger partial charge in [-0.05, 0) is 36.1 Å². The molecule has 0 spiro atoms. The molecule has 2 heteroatoms. The Hall–Kier alpha value is -1.38. The zero-order valence-corrected chi connectivity index (χ0v) is 12.2. The first-order chi connectivity index (χ1) is 9.75. The number of hydrogen-bond acceptors (Lipinski definition) is 2. The van der Waals surface area contributed by atoms with Crippen molar-refractivity contribution in [2.24, 2.45) is 5.73 Å². The molecule has 1 aliphatic carbocycles. The van der Waals surface area contributed by atoms with Gasteiger partial charge in [0.05, 0.1) is 0 Å². The number of nitrogens with one attached hydrogen (secondary N) is 1. The van der Waals surface area contributed by atoms with Crippen molar-refractivity contribution in [2.45, 2.75) is 50.7 Å². The van der Waals surface area contributed by atoms with E-state index in [9.17, 15) is 0 Å². The Kier molecular flexibility index (Phi) is 4.04. The van der Waals surface area contributed by atoms with Crippen LogP contribution in [0.5, 0.6) is 0 Å². The Bertz CT molecular complexity index is 573. The lowest BCUT2D eigenvalue weighted by atomic mass is 9.89. The van der Waals surface area contributed by atoms with Gasteiger partial charge in [-0.3, -0.25) is 0 Å². The molecule has 2 aromatic rings. The van der Waals surface area contributed by atoms with E-state index in [0.29, 0.717) is 18.1 Å². The molecule has 3 N–H and O–H groups in total. The molecule has 1 aliphatic rings. The van der Waals surface area contributed by atoms with Gasteiger partial charge in [-0.2, -0.15) is 0 Å². The molecule has 0 aliphatic heterocycles. The van der Waals surface area contributed by atoms with Gasteiger partial charge in [0, 0.05) is 18.1 Å². The molecule has 0 aromatic heterocycles. The smallest absolute Gasteiger partial charge is 0.0301 e. The Labute approximate surface area is 121 Å². The zero-order valence-electron chi connectivity index (χ0n) is 12.2. The Morgan fingerprint density at radius 1 is 1.05 bits per heavy atom. The van der Waals surface area contributed by atoms with Gasteiger partial charge in [0.15, 0.2) is 0 Å². The van der Waals surface area contributed by atoms with Crippen LogP contribution in [0, 0.1) is 0 Å². The minimum Gasteiger partial charge on any atom is -0.326 e. The topological polar surface area (TPSA) is 38.0 Å². The molecule has 0 bridgehead atoms. The summed E-state index contributed by atoms with van der Waals surface area (Å²) < 4.78 is 0. The Morgan fingerprint density at radius 3 is 2.65 bits per heavy atom. The monoisotopic (exact) mass is 268 g/mol. The highest BCUT2D eigenvalue weighted by molar-refractivity contribution is 5.86. The number of rotatable bonds is 3. The lowest BCUT2D eigenvalue weighted by Crippen LogP contribution is -2.47. The van der Waals surface area contributed by atoms with E-state index in [0.717, 1.165) is 6.42 Å². The van der Waals surface area contributed by atoms with E-state index in [-0.39, 0.29) is 0 Å². The minimum absolute atomic E-state index is 0.307. The van der Waals surface area contributed by atoms with E-state index in [1.807, 2.05) is 0 Å². The highest BCUT2D eigenvalue weighted by atomic mass is 15.0. The van der Waals surface area contributed by atoms with Crippen molar-refractivity contribution in [3.05, 3.63) is 48.0 Å². The summed E-state index contributed by atoms with van der Waals surface area (Å²) in [6.45, 7) is 2.25. The number of nitrogens with two attached hydrogens (primary N) is 1. The third-order valence-corrected chi connectivity index (χ3v) is 4.57. The van der Waals surface area contributed by atoms with Gasteiger partial charge in [0.25, 0.3) is 0 Å². The van der Waals surface area contributed by atoms with Gasteiger partial charge >= 0.3 is 0 Å². The van der Waals surface area contributed by atoms with Crippen LogP contribution >= 0.6 is 0 Å². The molecule has 0 amide bonds. The largest absolute Gasteiger partial charge is 0.326 e. The highest BCUT2D eigenvalue weighted by Crippen LogP contribution is 2.26. The van der Waals surface area contributed by atoms with Gasteiger partial charge in [-0.25, -0.2) is 0 Å². The van der Waals surface area contributed by atoms with E-state index >= 15 is 0 Å². The number of benzene rings is 2. The van der Waals surface area contributed by atoms with Crippen LogP contribution in [0.1, 0.15) is 44.2 Å². The summed E-state index contributed by atoms with van der Waals surface area (Å²) in [7, 11) is 0. The fourth-order valence-electron chi connectivity index (χ4n) is 3.41. The summed E-state index contributed by atoms with van der Waals surface area (Å²) in [6.07, 6.45) is 4.94. The summed E-state index contributed by atoms with van der Waals surface area (Å²) in [4.78, 5) is 0. The fourth-order valence-corrected chi connectivity index (χ4v) is 3.41. The van der Waals surface area contributed by atoms with Crippen LogP contribution in [0.4, 0.5) is 0 Å². The van der Waals surface area contributed by atoms with Crippen molar-refractivity contribution in [1.82, 2.24) is 5.32 Å². The molecule has 3 rings (SSSR count). The first-order valence-electron chi connectivity index (χ1n) is 7.75. The molecule has 0 heterocycles. The van der Waals surface area contributed by atoms with E-state index in [4.69, 9.17) is 5.73 Å². The number of hydrogen-bond donors (Lipinski definition) is 2. The standard InChI is InChI=1S/C18H24N2/c1-13(20-18-12-5-4-11-17(18)19)15-10-6-8-14-7-2-3-9-16(14)15/h2-3,6-10,13,17-18,20H,4-5,11-12,19H2,1H3/t13-,17-,18-/m1/s1. The van der Waals surface area contributed by atoms with Crippen molar-refractivity contribution in [3.8, 4) is 0 Å². The molecule has 106 valence electrons. The summed E-state index contributed by atoms with van der Waals surface area (Å²) in [5.74, 6) is 0. The second-order valence-corrected chi connectivity index (χ2v) is 6.01. The maximum Gasteiger partial charge on any atom is 0.0301 e. The van der Waals surface area contributed by atoms with Crippen LogP contribution in [0.25, 0.3) is 10.8 Å². The lowest BCUT2D eigenvalue weighted by molar-refractivity contribution is 0.307. The molecule has 0 saturated heterocycles. The second kappa shape index (κ2) is 5.94. The Morgan fingerprint density at radius 2 is 1.80 bits per heavy atom. The maximum absolute atomic E-state index is 6.26. The maximum atomic E-state index is 6.26. The van der Waals surface area contributed by atoms with Crippen molar-refractivity contribution < 1.29 is 0 Å². The van der Waals surface area contributed by atoms with Crippen LogP contribution in [-0.4, -0.2) is 12.1 Å². The molecular weight excluding hydrogens is 244 g/mol. The van der Waals surface area contributed by atoms with Crippen LogP contribution in [-0.2, 0) is 0 Å². The van der Waals surface area contributed by atoms with Crippen molar-refractivity contribution in [3.63, 3.8) is 0 Å². The lowest BCUT2D eigenvalue weighted by Gasteiger charge is -2.32. The van der Waals surface area contributed by atoms with Crippen LogP contribution in [0.3, 0.4) is 0 Å². The quantitative estimate of drug-likeness (QED) is 0.889. The molecule has 0 unspecified atom stereocenters. The van der Waals surface area contributed by atoms with E-state index in [1.54, 1.807) is 0 Å². The summed E-state index contributed by atoms with van der Waals surface area (Å²) in [6, 6.07) is 16.3. The molecule has 3 atom stereocenters. The first kappa shape index (κ1) is 13.6. The van der Waals surface area contributed by atoms with Gasteiger partial charge in [0.1, 0.15) is 0 Å². The molecule has 0 radical (unpaired) electrons. The predicted molar refractivity (Wildman–Crippen MR) is 85.7 cm³/mol. The molecule has 2 aromatic carbocycles. The van der Waals surface area contributed by atoms with Crippen LogP contribution in [0.15, 0.2) is 42.5 Å². The van der Waals surface area contributed by atoms with Crippen molar-refractivity contribution in [2.75, 3.05) is 0 Å². The van der Waals surface area contributed by atoms with Gasteiger partial charge in [-0.15, -0.1) is 0 Å². The molecule has 20 heavy (non-hydrogen) atoms. The summed E-state index contributed by atoms with van der Waals surface area (Å²) in [5.41, 5.74) is 7.63. The predicted octanol–water partition coefficient (Wildman–Crippen LogP) is 3.76.